The molecule has 36 heavy (non-hydrogen) atoms. The number of allylic oxidation sites excluding steroid dienone is 6. The van der Waals surface area contributed by atoms with Gasteiger partial charge in [-0.3, -0.25) is 28.9 Å². The van der Waals surface area contributed by atoms with Crippen molar-refractivity contribution in [3.63, 3.8) is 0 Å². The number of carbonyl (C=O) groups excluding carboxylic acids is 4. The van der Waals surface area contributed by atoms with Crippen molar-refractivity contribution in [2.24, 2.45) is 17.8 Å². The van der Waals surface area contributed by atoms with E-state index in [1.54, 1.807) is 32.9 Å². The SMILES string of the molecule is CC1=CC(=O)C2=C(C[C@@H]3C(=CC[C@@H]4C(=O)N(CCC(=O)O)C(=O)[C@@H]43)[C@@H]2c2cc(C)c(O)c(C)c2)C1=O. The highest BCUT2D eigenvalue weighted by molar-refractivity contribution is 6.23. The Kier molecular flexibility index (Phi) is 5.58. The molecule has 0 radical (unpaired) electrons. The number of phenols is 1. The molecule has 4 aliphatic rings. The zero-order valence-corrected chi connectivity index (χ0v) is 20.3. The van der Waals surface area contributed by atoms with E-state index in [4.69, 9.17) is 5.11 Å². The van der Waals surface area contributed by atoms with E-state index in [2.05, 4.69) is 0 Å². The summed E-state index contributed by atoms with van der Waals surface area (Å²) < 4.78 is 0. The Bertz CT molecular complexity index is 1340. The van der Waals surface area contributed by atoms with Crippen molar-refractivity contribution >= 4 is 29.4 Å². The molecule has 186 valence electrons. The summed E-state index contributed by atoms with van der Waals surface area (Å²) in [6.07, 6.45) is 3.43. The molecule has 0 spiro atoms. The van der Waals surface area contributed by atoms with Gasteiger partial charge in [-0.2, -0.15) is 0 Å². The number of likely N-dealkylation sites (tertiary alicyclic amines) is 1. The predicted octanol–water partition coefficient (Wildman–Crippen LogP) is 2.91. The number of aliphatic carboxylic acids is 1. The number of nitrogens with zero attached hydrogens (tertiary/aromatic N) is 1. The van der Waals surface area contributed by atoms with Gasteiger partial charge >= 0.3 is 5.97 Å². The molecule has 0 saturated carbocycles. The van der Waals surface area contributed by atoms with Gasteiger partial charge in [0, 0.05) is 29.2 Å². The number of hydrogen-bond acceptors (Lipinski definition) is 6. The maximum absolute atomic E-state index is 13.5. The minimum Gasteiger partial charge on any atom is -0.507 e. The van der Waals surface area contributed by atoms with E-state index < -0.39 is 35.5 Å². The van der Waals surface area contributed by atoms with Gasteiger partial charge in [0.25, 0.3) is 0 Å². The van der Waals surface area contributed by atoms with Crippen molar-refractivity contribution in [2.45, 2.75) is 46.0 Å². The van der Waals surface area contributed by atoms with Crippen LogP contribution in [0.1, 0.15) is 48.8 Å². The number of aromatic hydroxyl groups is 1. The Hall–Kier alpha value is -3.81. The summed E-state index contributed by atoms with van der Waals surface area (Å²) >= 11 is 0. The predicted molar refractivity (Wildman–Crippen MR) is 128 cm³/mol. The van der Waals surface area contributed by atoms with Gasteiger partial charge < -0.3 is 10.2 Å². The van der Waals surface area contributed by atoms with Gasteiger partial charge in [0.05, 0.1) is 18.3 Å². The van der Waals surface area contributed by atoms with Crippen LogP contribution >= 0.6 is 0 Å². The number of amides is 2. The van der Waals surface area contributed by atoms with Crippen LogP contribution in [0.5, 0.6) is 5.75 Å². The van der Waals surface area contributed by atoms with Crippen LogP contribution in [0, 0.1) is 31.6 Å². The number of phenolic OH excluding ortho intramolecular Hbond substituents is 1. The van der Waals surface area contributed by atoms with Crippen molar-refractivity contribution in [2.75, 3.05) is 6.54 Å². The van der Waals surface area contributed by atoms with Crippen LogP contribution in [0.3, 0.4) is 0 Å². The van der Waals surface area contributed by atoms with Crippen LogP contribution in [0.25, 0.3) is 0 Å². The maximum Gasteiger partial charge on any atom is 0.305 e. The normalized spacial score (nSPS) is 27.5. The molecule has 4 atom stereocenters. The fraction of sp³-hybridized carbons (Fsp3) is 0.393. The average molecular weight is 490 g/mol. The van der Waals surface area contributed by atoms with Crippen LogP contribution < -0.4 is 0 Å². The third-order valence-corrected chi connectivity index (χ3v) is 8.05. The molecule has 5 rings (SSSR count). The Morgan fingerprint density at radius 2 is 1.69 bits per heavy atom. The highest BCUT2D eigenvalue weighted by Crippen LogP contribution is 2.55. The zero-order valence-electron chi connectivity index (χ0n) is 20.3. The lowest BCUT2D eigenvalue weighted by molar-refractivity contribution is -0.142. The summed E-state index contributed by atoms with van der Waals surface area (Å²) in [7, 11) is 0. The summed E-state index contributed by atoms with van der Waals surface area (Å²) in [5.41, 5.74) is 3.96. The monoisotopic (exact) mass is 489 g/mol. The molecule has 2 N–H and O–H groups in total. The van der Waals surface area contributed by atoms with E-state index in [0.29, 0.717) is 34.3 Å². The Morgan fingerprint density at radius 1 is 1.03 bits per heavy atom. The van der Waals surface area contributed by atoms with E-state index in [9.17, 15) is 29.1 Å². The van der Waals surface area contributed by atoms with Crippen LogP contribution in [-0.4, -0.2) is 51.0 Å². The topological polar surface area (TPSA) is 129 Å². The Balaban J connectivity index is 1.65. The summed E-state index contributed by atoms with van der Waals surface area (Å²) in [5, 5.41) is 19.4. The molecule has 1 aromatic carbocycles. The molecule has 0 aromatic heterocycles. The molecular weight excluding hydrogens is 462 g/mol. The van der Waals surface area contributed by atoms with Crippen LogP contribution in [0.4, 0.5) is 0 Å². The molecule has 2 amide bonds. The number of carboxylic acid groups (broad SMARTS) is 1. The molecule has 3 aliphatic carbocycles. The van der Waals surface area contributed by atoms with Crippen LogP contribution in [0.15, 0.2) is 46.6 Å². The number of benzene rings is 1. The quantitative estimate of drug-likeness (QED) is 0.378. The van der Waals surface area contributed by atoms with Crippen molar-refractivity contribution in [3.05, 3.63) is 63.3 Å². The molecular formula is C28H27NO7. The smallest absolute Gasteiger partial charge is 0.305 e. The Labute approximate surface area is 208 Å². The van der Waals surface area contributed by atoms with Gasteiger partial charge in [0.1, 0.15) is 5.75 Å². The summed E-state index contributed by atoms with van der Waals surface area (Å²) in [6, 6.07) is 3.60. The molecule has 0 unspecified atom stereocenters. The first-order valence-electron chi connectivity index (χ1n) is 12.1. The molecule has 1 aliphatic heterocycles. The number of Topliss-reactive ketones (excluding diaryl/α,β-unsaturated/α-hetero) is 1. The van der Waals surface area contributed by atoms with Crippen molar-refractivity contribution in [1.29, 1.82) is 0 Å². The largest absolute Gasteiger partial charge is 0.507 e. The third-order valence-electron chi connectivity index (χ3n) is 8.05. The van der Waals surface area contributed by atoms with Crippen molar-refractivity contribution in [1.82, 2.24) is 4.90 Å². The lowest BCUT2D eigenvalue weighted by Gasteiger charge is -2.42. The third kappa shape index (κ3) is 3.46. The first-order valence-corrected chi connectivity index (χ1v) is 12.1. The molecule has 8 heteroatoms. The Morgan fingerprint density at radius 3 is 2.33 bits per heavy atom. The number of rotatable bonds is 4. The molecule has 8 nitrogen and oxygen atoms in total. The van der Waals surface area contributed by atoms with Crippen LogP contribution in [0.2, 0.25) is 0 Å². The number of fused-ring (bicyclic) bond motifs is 3. The minimum absolute atomic E-state index is 0.158. The fourth-order valence-electron chi connectivity index (χ4n) is 6.41. The van der Waals surface area contributed by atoms with Crippen LogP contribution in [-0.2, 0) is 24.0 Å². The highest BCUT2D eigenvalue weighted by Gasteiger charge is 2.56. The maximum atomic E-state index is 13.5. The standard InChI is InChI=1S/C28H27NO7/c1-12-8-15(9-13(2)25(12)33)22-16-4-5-17-23(28(36)29(27(17)35)7-6-21(31)32)18(16)11-19-24(22)20(30)10-14(3)26(19)34/h4,8-10,17-18,22-23,33H,5-7,11H2,1-3H3,(H,31,32)/t17-,18+,22-,23-/m0/s1. The number of ketones is 2. The van der Waals surface area contributed by atoms with E-state index in [1.165, 1.54) is 6.08 Å². The average Bonchev–Trinajstić information content (AvgIpc) is 3.07. The van der Waals surface area contributed by atoms with E-state index >= 15 is 0 Å². The number of hydrogen-bond donors (Lipinski definition) is 2. The lowest BCUT2D eigenvalue weighted by Crippen LogP contribution is -2.40. The van der Waals surface area contributed by atoms with Gasteiger partial charge in [-0.25, -0.2) is 0 Å². The number of imide groups is 1. The van der Waals surface area contributed by atoms with E-state index in [-0.39, 0.29) is 42.6 Å². The second-order valence-corrected chi connectivity index (χ2v) is 10.2. The molecule has 1 heterocycles. The molecule has 1 aromatic rings. The lowest BCUT2D eigenvalue weighted by atomic mass is 9.59. The van der Waals surface area contributed by atoms with Gasteiger partial charge in [-0.15, -0.1) is 0 Å². The van der Waals surface area contributed by atoms with E-state index in [0.717, 1.165) is 16.0 Å². The van der Waals surface area contributed by atoms with E-state index in [1.807, 2.05) is 6.08 Å². The van der Waals surface area contributed by atoms with Gasteiger partial charge in [-0.05, 0) is 62.3 Å². The minimum atomic E-state index is -1.09. The summed E-state index contributed by atoms with van der Waals surface area (Å²) in [6.45, 7) is 4.95. The number of carboxylic acids is 1. The van der Waals surface area contributed by atoms with Gasteiger partial charge in [0.2, 0.25) is 11.8 Å². The fourth-order valence-corrected chi connectivity index (χ4v) is 6.41. The second kappa shape index (κ2) is 8.40. The van der Waals surface area contributed by atoms with Crippen molar-refractivity contribution in [3.8, 4) is 5.75 Å². The van der Waals surface area contributed by atoms with Gasteiger partial charge in [0.15, 0.2) is 11.6 Å². The zero-order chi connectivity index (χ0) is 26.0. The first-order chi connectivity index (χ1) is 17.0. The first kappa shape index (κ1) is 23.9. The molecule has 1 fully saturated rings. The number of aryl methyl sites for hydroxylation is 2. The molecule has 1 saturated heterocycles. The second-order valence-electron chi connectivity index (χ2n) is 10.2. The summed E-state index contributed by atoms with van der Waals surface area (Å²) in [4.78, 5) is 65.2. The van der Waals surface area contributed by atoms with Gasteiger partial charge in [-0.1, -0.05) is 23.8 Å². The highest BCUT2D eigenvalue weighted by atomic mass is 16.4. The molecule has 0 bridgehead atoms. The van der Waals surface area contributed by atoms with Crippen molar-refractivity contribution < 1.29 is 34.2 Å². The summed E-state index contributed by atoms with van der Waals surface area (Å²) in [5.74, 6) is -4.56. The number of carbonyl (C=O) groups is 5.